The van der Waals surface area contributed by atoms with Crippen LogP contribution in [0, 0.1) is 6.92 Å². The molecule has 1 aliphatic heterocycles. The number of aryl methyl sites for hydroxylation is 1. The van der Waals surface area contributed by atoms with Gasteiger partial charge in [-0.15, -0.1) is 0 Å². The van der Waals surface area contributed by atoms with E-state index in [2.05, 4.69) is 13.8 Å². The van der Waals surface area contributed by atoms with E-state index in [1.54, 1.807) is 13.0 Å². The molecular weight excluding hydrogens is 323 g/mol. The molecule has 2 aromatic rings. The molecule has 1 aromatic heterocycles. The van der Waals surface area contributed by atoms with Gasteiger partial charge in [0.1, 0.15) is 17.1 Å². The molecule has 1 aromatic carbocycles. The monoisotopic (exact) mass is 328 g/mol. The second-order valence-corrected chi connectivity index (χ2v) is 5.38. The molecule has 1 N–H and O–H groups in total. The van der Waals surface area contributed by atoms with E-state index in [0.717, 1.165) is 11.4 Å². The average molecular weight is 329 g/mol. The van der Waals surface area contributed by atoms with Crippen molar-refractivity contribution < 1.29 is 9.90 Å². The Morgan fingerprint density at radius 1 is 1.25 bits per heavy atom. The summed E-state index contributed by atoms with van der Waals surface area (Å²) in [7, 11) is 0. The number of hydrogen-bond acceptors (Lipinski definition) is 4. The normalized spacial score (nSPS) is 12.3. The molecule has 9 heteroatoms. The summed E-state index contributed by atoms with van der Waals surface area (Å²) >= 11 is 13.3. The lowest BCUT2D eigenvalue weighted by Gasteiger charge is -2.10. The fourth-order valence-electron chi connectivity index (χ4n) is 1.87. The van der Waals surface area contributed by atoms with E-state index >= 15 is 0 Å². The summed E-state index contributed by atoms with van der Waals surface area (Å²) in [4.78, 5) is 11.0. The summed E-state index contributed by atoms with van der Waals surface area (Å²) in [6.07, 6.45) is 0. The largest absolute Gasteiger partial charge is 0.476 e. The fourth-order valence-corrected chi connectivity index (χ4v) is 3.06. The highest BCUT2D eigenvalue weighted by atomic mass is 35.5. The van der Waals surface area contributed by atoms with Gasteiger partial charge >= 0.3 is 5.97 Å². The van der Waals surface area contributed by atoms with Crippen LogP contribution in [0.3, 0.4) is 0 Å². The number of rotatable bonds is 2. The summed E-state index contributed by atoms with van der Waals surface area (Å²) in [6, 6.07) is 3.00. The minimum atomic E-state index is -1.11. The molecule has 3 rings (SSSR count). The third kappa shape index (κ3) is 1.94. The van der Waals surface area contributed by atoms with Crippen LogP contribution in [-0.2, 0) is 11.4 Å². The average Bonchev–Trinajstić information content (AvgIpc) is 2.97. The van der Waals surface area contributed by atoms with Crippen LogP contribution in [0.25, 0.3) is 5.69 Å². The van der Waals surface area contributed by atoms with E-state index in [0.29, 0.717) is 32.8 Å². The van der Waals surface area contributed by atoms with Gasteiger partial charge in [-0.25, -0.2) is 9.48 Å². The first-order chi connectivity index (χ1) is 9.49. The number of benzene rings is 1. The van der Waals surface area contributed by atoms with E-state index < -0.39 is 5.97 Å². The lowest BCUT2D eigenvalue weighted by Crippen LogP contribution is -2.03. The Kier molecular flexibility index (Phi) is 3.12. The van der Waals surface area contributed by atoms with Crippen molar-refractivity contribution in [2.45, 2.75) is 6.92 Å². The number of aromatic nitrogens is 2. The molecule has 0 fully saturated rings. The first kappa shape index (κ1) is 13.3. The van der Waals surface area contributed by atoms with Crippen LogP contribution in [0.15, 0.2) is 20.9 Å². The zero-order valence-electron chi connectivity index (χ0n) is 9.96. The zero-order valence-corrected chi connectivity index (χ0v) is 12.3. The second kappa shape index (κ2) is 4.69. The molecule has 0 bridgehead atoms. The van der Waals surface area contributed by atoms with Gasteiger partial charge in [0.15, 0.2) is 5.69 Å². The minimum absolute atomic E-state index is 0.0649. The number of nitrogens with zero attached hydrogens (tertiary/aromatic N) is 4. The van der Waals surface area contributed by atoms with Crippen LogP contribution in [0.2, 0.25) is 10.0 Å². The topological polar surface area (TPSA) is 79.8 Å². The Hall–Kier alpha value is -1.70. The lowest BCUT2D eigenvalue weighted by atomic mass is 10.2. The highest BCUT2D eigenvalue weighted by Crippen LogP contribution is 2.46. The van der Waals surface area contributed by atoms with Crippen LogP contribution in [-0.4, -0.2) is 20.9 Å². The maximum Gasteiger partial charge on any atom is 0.356 e. The summed E-state index contributed by atoms with van der Waals surface area (Å²) in [5, 5.41) is 13.8. The molecule has 6 nitrogen and oxygen atoms in total. The van der Waals surface area contributed by atoms with Gasteiger partial charge in [0.05, 0.1) is 21.4 Å². The minimum Gasteiger partial charge on any atom is -0.476 e. The van der Waals surface area contributed by atoms with Crippen LogP contribution in [0.1, 0.15) is 16.2 Å². The van der Waals surface area contributed by atoms with Crippen molar-refractivity contribution in [3.05, 3.63) is 33.6 Å². The molecule has 0 spiro atoms. The van der Waals surface area contributed by atoms with Gasteiger partial charge in [0, 0.05) is 5.69 Å². The van der Waals surface area contributed by atoms with Crippen molar-refractivity contribution in [1.82, 2.24) is 9.78 Å². The van der Waals surface area contributed by atoms with Crippen LogP contribution in [0.4, 0.5) is 11.4 Å². The number of hydrogen-bond donors (Lipinski definition) is 1. The fraction of sp³-hybridized carbons (Fsp3) is 0.0909. The highest BCUT2D eigenvalue weighted by molar-refractivity contribution is 7.58. The van der Waals surface area contributed by atoms with Crippen molar-refractivity contribution in [3.8, 4) is 5.69 Å². The van der Waals surface area contributed by atoms with E-state index in [4.69, 9.17) is 28.3 Å². The Morgan fingerprint density at radius 2 is 1.95 bits per heavy atom. The second-order valence-electron chi connectivity index (χ2n) is 4.04. The third-order valence-corrected chi connectivity index (χ3v) is 3.84. The molecule has 0 atom stereocenters. The van der Waals surface area contributed by atoms with E-state index in [1.807, 2.05) is 0 Å². The number of carboxylic acids is 1. The third-order valence-electron chi connectivity index (χ3n) is 2.74. The summed E-state index contributed by atoms with van der Waals surface area (Å²) < 4.78 is 9.70. The van der Waals surface area contributed by atoms with Gasteiger partial charge in [-0.3, -0.25) is 0 Å². The van der Waals surface area contributed by atoms with Crippen molar-refractivity contribution in [3.63, 3.8) is 0 Å². The van der Waals surface area contributed by atoms with Gasteiger partial charge in [-0.2, -0.15) is 13.8 Å². The van der Waals surface area contributed by atoms with Crippen molar-refractivity contribution in [2.24, 2.45) is 8.73 Å². The number of fused-ring (bicyclic) bond motifs is 1. The van der Waals surface area contributed by atoms with Gasteiger partial charge in [0.2, 0.25) is 0 Å². The highest BCUT2D eigenvalue weighted by Gasteiger charge is 2.23. The van der Waals surface area contributed by atoms with Crippen molar-refractivity contribution in [1.29, 1.82) is 0 Å². The molecule has 20 heavy (non-hydrogen) atoms. The maximum absolute atomic E-state index is 11.0. The Labute approximate surface area is 126 Å². The number of aromatic carboxylic acids is 1. The maximum atomic E-state index is 11.0. The Bertz CT molecular complexity index is 824. The zero-order chi connectivity index (χ0) is 14.4. The molecule has 0 saturated carbocycles. The SMILES string of the molecule is Cc1cc(C(=O)O)nn1-c1c(Cl)cc(Cl)c2c1N=S=N2. The molecule has 0 unspecified atom stereocenters. The molecule has 2 heterocycles. The number of halogens is 2. The molecular formula is C11H6Cl2N4O2S. The molecule has 0 amide bonds. The van der Waals surface area contributed by atoms with Gasteiger partial charge < -0.3 is 5.11 Å². The van der Waals surface area contributed by atoms with Crippen LogP contribution < -0.4 is 0 Å². The molecule has 0 aliphatic carbocycles. The standard InChI is InChI=1S/C11H6Cl2N4O2S/c1-4-2-7(11(18)19)14-17(4)10-6(13)3-5(12)8-9(10)16-20-15-8/h2-3H,1H3,(H,18,19). The Morgan fingerprint density at radius 3 is 2.60 bits per heavy atom. The van der Waals surface area contributed by atoms with Gasteiger partial charge in [-0.05, 0) is 19.1 Å². The first-order valence-corrected chi connectivity index (χ1v) is 6.88. The van der Waals surface area contributed by atoms with Gasteiger partial charge in [0.25, 0.3) is 0 Å². The lowest BCUT2D eigenvalue weighted by molar-refractivity contribution is 0.0690. The Balaban J connectivity index is 2.29. The summed E-state index contributed by atoms with van der Waals surface area (Å²) in [6.45, 7) is 1.73. The quantitative estimate of drug-likeness (QED) is 0.774. The van der Waals surface area contributed by atoms with E-state index in [1.165, 1.54) is 10.7 Å². The smallest absolute Gasteiger partial charge is 0.356 e. The van der Waals surface area contributed by atoms with E-state index in [9.17, 15) is 4.79 Å². The van der Waals surface area contributed by atoms with Crippen LogP contribution >= 0.6 is 23.2 Å². The summed E-state index contributed by atoms with van der Waals surface area (Å²) in [5.74, 6) is -1.11. The number of carboxylic acid groups (broad SMARTS) is 1. The molecule has 1 aliphatic rings. The molecule has 102 valence electrons. The summed E-state index contributed by atoms with van der Waals surface area (Å²) in [5.41, 5.74) is 2.05. The van der Waals surface area contributed by atoms with Crippen LogP contribution in [0.5, 0.6) is 0 Å². The van der Waals surface area contributed by atoms with Crippen molar-refractivity contribution in [2.75, 3.05) is 0 Å². The predicted octanol–water partition coefficient (Wildman–Crippen LogP) is 3.91. The van der Waals surface area contributed by atoms with E-state index in [-0.39, 0.29) is 5.69 Å². The molecule has 0 radical (unpaired) electrons. The number of carbonyl (C=O) groups is 1. The van der Waals surface area contributed by atoms with Crippen molar-refractivity contribution >= 4 is 51.9 Å². The first-order valence-electron chi connectivity index (χ1n) is 5.39. The predicted molar refractivity (Wildman–Crippen MR) is 76.8 cm³/mol. The van der Waals surface area contributed by atoms with Gasteiger partial charge in [-0.1, -0.05) is 23.2 Å². The molecule has 0 saturated heterocycles.